The molecule has 3 nitrogen and oxygen atoms in total. The first-order valence-electron chi connectivity index (χ1n) is 4.82. The first-order valence-corrected chi connectivity index (χ1v) is 5.64. The quantitative estimate of drug-likeness (QED) is 0.864. The molecule has 0 amide bonds. The minimum absolute atomic E-state index is 0.347. The molecule has 1 atom stereocenters. The van der Waals surface area contributed by atoms with Crippen molar-refractivity contribution >= 4 is 11.8 Å². The van der Waals surface area contributed by atoms with Crippen molar-refractivity contribution < 1.29 is 9.50 Å². The van der Waals surface area contributed by atoms with Crippen molar-refractivity contribution in [1.82, 2.24) is 9.97 Å². The summed E-state index contributed by atoms with van der Waals surface area (Å²) in [5, 5.41) is 10.2. The monoisotopic (exact) mass is 238 g/mol. The maximum atomic E-state index is 13.6. The Labute approximate surface area is 96.7 Å². The fraction of sp³-hybridized carbons (Fsp3) is 0.182. The van der Waals surface area contributed by atoms with Gasteiger partial charge in [-0.15, -0.1) is 0 Å². The zero-order valence-electron chi connectivity index (χ0n) is 8.64. The van der Waals surface area contributed by atoms with Gasteiger partial charge >= 0.3 is 0 Å². The van der Waals surface area contributed by atoms with Crippen LogP contribution >= 0.6 is 11.8 Å². The van der Waals surface area contributed by atoms with E-state index in [2.05, 4.69) is 9.97 Å². The lowest BCUT2D eigenvalue weighted by atomic mass is 10.1. The highest BCUT2D eigenvalue weighted by Gasteiger charge is 2.14. The lowest BCUT2D eigenvalue weighted by Crippen LogP contribution is -1.96. The molecule has 5 heteroatoms. The normalized spacial score (nSPS) is 12.7. The number of aliphatic hydroxyl groups excluding tert-OH is 1. The fourth-order valence-corrected chi connectivity index (χ4v) is 2.32. The van der Waals surface area contributed by atoms with Crippen LogP contribution in [0.15, 0.2) is 40.6 Å². The highest BCUT2D eigenvalue weighted by Crippen LogP contribution is 2.33. The molecule has 1 heterocycles. The molecule has 2 N–H and O–H groups in total. The summed E-state index contributed by atoms with van der Waals surface area (Å²) in [6.45, 7) is 1.61. The summed E-state index contributed by atoms with van der Waals surface area (Å²) in [5.74, 6) is -0.347. The summed E-state index contributed by atoms with van der Waals surface area (Å²) in [6, 6.07) is 4.67. The number of hydrogen-bond acceptors (Lipinski definition) is 3. The number of rotatable bonds is 3. The van der Waals surface area contributed by atoms with Gasteiger partial charge in [-0.3, -0.25) is 0 Å². The van der Waals surface area contributed by atoms with Crippen molar-refractivity contribution in [2.75, 3.05) is 0 Å². The number of aromatic amines is 1. The number of benzene rings is 1. The van der Waals surface area contributed by atoms with E-state index in [1.165, 1.54) is 17.8 Å². The van der Waals surface area contributed by atoms with Gasteiger partial charge in [-0.2, -0.15) is 0 Å². The molecule has 0 unspecified atom stereocenters. The maximum Gasteiger partial charge on any atom is 0.170 e. The minimum atomic E-state index is -0.701. The average molecular weight is 238 g/mol. The molecule has 2 rings (SSSR count). The molecular weight excluding hydrogens is 227 g/mol. The van der Waals surface area contributed by atoms with E-state index < -0.39 is 6.10 Å². The number of aromatic nitrogens is 2. The van der Waals surface area contributed by atoms with E-state index in [4.69, 9.17) is 0 Å². The summed E-state index contributed by atoms with van der Waals surface area (Å²) in [6.07, 6.45) is 2.57. The van der Waals surface area contributed by atoms with Crippen LogP contribution in [0.1, 0.15) is 18.6 Å². The van der Waals surface area contributed by atoms with Gasteiger partial charge in [0.2, 0.25) is 0 Å². The van der Waals surface area contributed by atoms with Crippen molar-refractivity contribution in [3.05, 3.63) is 42.0 Å². The summed E-state index contributed by atoms with van der Waals surface area (Å²) in [4.78, 5) is 7.30. The van der Waals surface area contributed by atoms with Crippen molar-refractivity contribution in [2.24, 2.45) is 0 Å². The molecule has 2 aromatic rings. The van der Waals surface area contributed by atoms with E-state index in [9.17, 15) is 9.50 Å². The van der Waals surface area contributed by atoms with Gasteiger partial charge in [0.1, 0.15) is 5.82 Å². The standard InChI is InChI=1S/C11H11FN2OS/c1-7(15)8-3-2-4-9(12)10(8)16-11-13-5-6-14-11/h2-7,15H,1H3,(H,13,14)/t7-/m0/s1. The average Bonchev–Trinajstić information content (AvgIpc) is 2.73. The number of aliphatic hydroxyl groups is 1. The number of nitrogens with zero attached hydrogens (tertiary/aromatic N) is 1. The zero-order chi connectivity index (χ0) is 11.5. The Balaban J connectivity index is 2.38. The van der Waals surface area contributed by atoms with E-state index >= 15 is 0 Å². The van der Waals surface area contributed by atoms with Crippen molar-refractivity contribution in [3.63, 3.8) is 0 Å². The summed E-state index contributed by atoms with van der Waals surface area (Å²) in [5.41, 5.74) is 0.571. The predicted molar refractivity (Wildman–Crippen MR) is 59.7 cm³/mol. The van der Waals surface area contributed by atoms with Crippen LogP contribution < -0.4 is 0 Å². The number of imidazole rings is 1. The third-order valence-electron chi connectivity index (χ3n) is 2.12. The molecule has 0 bridgehead atoms. The van der Waals surface area contributed by atoms with Crippen LogP contribution in [0.5, 0.6) is 0 Å². The molecule has 1 aromatic carbocycles. The van der Waals surface area contributed by atoms with Crippen molar-refractivity contribution in [3.8, 4) is 0 Å². The van der Waals surface area contributed by atoms with E-state index in [0.717, 1.165) is 0 Å². The Morgan fingerprint density at radius 2 is 2.31 bits per heavy atom. The zero-order valence-corrected chi connectivity index (χ0v) is 9.46. The van der Waals surface area contributed by atoms with Crippen LogP contribution in [0.2, 0.25) is 0 Å². The van der Waals surface area contributed by atoms with Gasteiger partial charge in [0.25, 0.3) is 0 Å². The number of nitrogens with one attached hydrogen (secondary N) is 1. The molecule has 0 aliphatic heterocycles. The highest BCUT2D eigenvalue weighted by molar-refractivity contribution is 7.99. The Morgan fingerprint density at radius 1 is 1.50 bits per heavy atom. The molecule has 0 saturated carbocycles. The highest BCUT2D eigenvalue weighted by atomic mass is 32.2. The molecule has 0 aliphatic rings. The maximum absolute atomic E-state index is 13.6. The lowest BCUT2D eigenvalue weighted by Gasteiger charge is -2.10. The van der Waals surface area contributed by atoms with Crippen molar-refractivity contribution in [1.29, 1.82) is 0 Å². The number of H-pyrrole nitrogens is 1. The Hall–Kier alpha value is -1.33. The molecule has 16 heavy (non-hydrogen) atoms. The Kier molecular flexibility index (Phi) is 3.26. The SMILES string of the molecule is C[C@H](O)c1cccc(F)c1Sc1ncc[nH]1. The molecule has 0 aliphatic carbocycles. The first-order chi connectivity index (χ1) is 7.68. The van der Waals surface area contributed by atoms with Crippen LogP contribution in [0.4, 0.5) is 4.39 Å². The Bertz CT molecular complexity index is 471. The van der Waals surface area contributed by atoms with Crippen LogP contribution in [0, 0.1) is 5.82 Å². The van der Waals surface area contributed by atoms with Crippen LogP contribution in [0.25, 0.3) is 0 Å². The van der Waals surface area contributed by atoms with Crippen LogP contribution in [0.3, 0.4) is 0 Å². The molecule has 0 spiro atoms. The predicted octanol–water partition coefficient (Wildman–Crippen LogP) is 2.75. The van der Waals surface area contributed by atoms with Gasteiger partial charge in [-0.25, -0.2) is 9.37 Å². The van der Waals surface area contributed by atoms with Gasteiger partial charge in [0, 0.05) is 12.4 Å². The summed E-state index contributed by atoms with van der Waals surface area (Å²) >= 11 is 1.17. The van der Waals surface area contributed by atoms with E-state index in [1.54, 1.807) is 31.5 Å². The largest absolute Gasteiger partial charge is 0.389 e. The summed E-state index contributed by atoms with van der Waals surface area (Å²) in [7, 11) is 0. The first kappa shape index (κ1) is 11.2. The Morgan fingerprint density at radius 3 is 2.94 bits per heavy atom. The van der Waals surface area contributed by atoms with Gasteiger partial charge in [0.15, 0.2) is 5.16 Å². The van der Waals surface area contributed by atoms with Gasteiger partial charge < -0.3 is 10.1 Å². The van der Waals surface area contributed by atoms with Gasteiger partial charge in [-0.1, -0.05) is 12.1 Å². The molecular formula is C11H11FN2OS. The van der Waals surface area contributed by atoms with Crippen LogP contribution in [-0.4, -0.2) is 15.1 Å². The third kappa shape index (κ3) is 2.25. The van der Waals surface area contributed by atoms with E-state index in [1.807, 2.05) is 0 Å². The minimum Gasteiger partial charge on any atom is -0.389 e. The molecule has 0 saturated heterocycles. The lowest BCUT2D eigenvalue weighted by molar-refractivity contribution is 0.195. The molecule has 84 valence electrons. The summed E-state index contributed by atoms with van der Waals surface area (Å²) < 4.78 is 13.6. The smallest absolute Gasteiger partial charge is 0.170 e. The number of halogens is 1. The second kappa shape index (κ2) is 4.67. The second-order valence-corrected chi connectivity index (χ2v) is 4.33. The molecule has 0 radical (unpaired) electrons. The second-order valence-electron chi connectivity index (χ2n) is 3.33. The molecule has 1 aromatic heterocycles. The van der Waals surface area contributed by atoms with Gasteiger partial charge in [0.05, 0.1) is 11.0 Å². The fourth-order valence-electron chi connectivity index (χ4n) is 1.37. The van der Waals surface area contributed by atoms with E-state index in [0.29, 0.717) is 15.6 Å². The van der Waals surface area contributed by atoms with Crippen molar-refractivity contribution in [2.45, 2.75) is 23.1 Å². The molecule has 0 fully saturated rings. The van der Waals surface area contributed by atoms with E-state index in [-0.39, 0.29) is 5.82 Å². The van der Waals surface area contributed by atoms with Gasteiger partial charge in [-0.05, 0) is 30.3 Å². The number of hydrogen-bond donors (Lipinski definition) is 2. The third-order valence-corrected chi connectivity index (χ3v) is 3.17. The topological polar surface area (TPSA) is 48.9 Å². The van der Waals surface area contributed by atoms with Crippen LogP contribution in [-0.2, 0) is 0 Å².